The van der Waals surface area contributed by atoms with Crippen LogP contribution in [0.15, 0.2) is 24.4 Å². The Morgan fingerprint density at radius 2 is 1.86 bits per heavy atom. The lowest BCUT2D eigenvalue weighted by Crippen LogP contribution is -2.42. The van der Waals surface area contributed by atoms with Crippen LogP contribution < -0.4 is 4.72 Å². The second-order valence-corrected chi connectivity index (χ2v) is 7.26. The zero-order valence-corrected chi connectivity index (χ0v) is 13.3. The minimum Gasteiger partial charge on any atom is -0.286 e. The van der Waals surface area contributed by atoms with Crippen LogP contribution in [0.25, 0.3) is 5.65 Å². The molecule has 2 aromatic rings. The van der Waals surface area contributed by atoms with E-state index in [2.05, 4.69) is 14.9 Å². The summed E-state index contributed by atoms with van der Waals surface area (Å²) in [6, 6.07) is 5.68. The van der Waals surface area contributed by atoms with Gasteiger partial charge >= 0.3 is 0 Å². The van der Waals surface area contributed by atoms with Crippen molar-refractivity contribution in [1.82, 2.24) is 23.6 Å². The van der Waals surface area contributed by atoms with Crippen molar-refractivity contribution < 1.29 is 8.42 Å². The Balaban J connectivity index is 1.60. The van der Waals surface area contributed by atoms with Gasteiger partial charge in [0.1, 0.15) is 5.82 Å². The summed E-state index contributed by atoms with van der Waals surface area (Å²) in [6.07, 6.45) is 6.49. The van der Waals surface area contributed by atoms with Crippen LogP contribution in [0, 0.1) is 0 Å². The van der Waals surface area contributed by atoms with Crippen molar-refractivity contribution in [3.8, 4) is 0 Å². The molecule has 22 heavy (non-hydrogen) atoms. The van der Waals surface area contributed by atoms with Gasteiger partial charge in [-0.3, -0.25) is 4.40 Å². The Bertz CT molecular complexity index is 720. The van der Waals surface area contributed by atoms with E-state index >= 15 is 0 Å². The predicted molar refractivity (Wildman–Crippen MR) is 83.7 cm³/mol. The van der Waals surface area contributed by atoms with Crippen molar-refractivity contribution in [2.75, 3.05) is 19.6 Å². The molecule has 3 rings (SSSR count). The summed E-state index contributed by atoms with van der Waals surface area (Å²) >= 11 is 0. The molecule has 0 aliphatic carbocycles. The molecule has 1 aliphatic rings. The van der Waals surface area contributed by atoms with Crippen LogP contribution in [-0.4, -0.2) is 47.0 Å². The van der Waals surface area contributed by atoms with Crippen LogP contribution in [-0.2, 0) is 16.6 Å². The van der Waals surface area contributed by atoms with E-state index in [1.165, 1.54) is 0 Å². The number of aromatic nitrogens is 3. The molecule has 7 nitrogen and oxygen atoms in total. The molecule has 0 spiro atoms. The number of rotatable bonds is 5. The maximum absolute atomic E-state index is 12.3. The number of nitrogens with one attached hydrogen (secondary N) is 1. The third-order valence-electron chi connectivity index (χ3n) is 3.92. The van der Waals surface area contributed by atoms with Crippen LogP contribution in [0.5, 0.6) is 0 Å². The van der Waals surface area contributed by atoms with E-state index in [0.29, 0.717) is 26.1 Å². The monoisotopic (exact) mass is 323 g/mol. The minimum absolute atomic E-state index is 0.328. The normalized spacial score (nSPS) is 17.6. The molecule has 1 saturated heterocycles. The van der Waals surface area contributed by atoms with Crippen LogP contribution in [0.2, 0.25) is 0 Å². The fourth-order valence-electron chi connectivity index (χ4n) is 2.73. The Morgan fingerprint density at radius 1 is 1.09 bits per heavy atom. The maximum atomic E-state index is 12.3. The van der Waals surface area contributed by atoms with E-state index in [-0.39, 0.29) is 0 Å². The molecule has 120 valence electrons. The lowest BCUT2D eigenvalue weighted by atomic mass is 10.2. The van der Waals surface area contributed by atoms with Gasteiger partial charge in [-0.2, -0.15) is 12.7 Å². The van der Waals surface area contributed by atoms with Gasteiger partial charge in [0, 0.05) is 32.3 Å². The third kappa shape index (κ3) is 3.45. The van der Waals surface area contributed by atoms with Crippen LogP contribution >= 0.6 is 0 Å². The summed E-state index contributed by atoms with van der Waals surface area (Å²) in [5.74, 6) is 0.758. The molecule has 0 saturated carbocycles. The average Bonchev–Trinajstić information content (AvgIpc) is 2.74. The molecule has 8 heteroatoms. The van der Waals surface area contributed by atoms with Gasteiger partial charge in [-0.25, -0.2) is 4.72 Å². The topological polar surface area (TPSA) is 79.6 Å². The Hall–Kier alpha value is -1.51. The van der Waals surface area contributed by atoms with Crippen molar-refractivity contribution in [2.45, 2.75) is 32.1 Å². The lowest BCUT2D eigenvalue weighted by Gasteiger charge is -2.20. The summed E-state index contributed by atoms with van der Waals surface area (Å²) in [7, 11) is -3.39. The molecule has 0 atom stereocenters. The first-order valence-corrected chi connectivity index (χ1v) is 9.14. The summed E-state index contributed by atoms with van der Waals surface area (Å²) in [5, 5.41) is 8.17. The van der Waals surface area contributed by atoms with E-state index in [1.807, 2.05) is 28.8 Å². The van der Waals surface area contributed by atoms with E-state index in [9.17, 15) is 8.42 Å². The summed E-state index contributed by atoms with van der Waals surface area (Å²) < 4.78 is 30.7. The van der Waals surface area contributed by atoms with Gasteiger partial charge in [0.15, 0.2) is 5.65 Å². The fourth-order valence-corrected chi connectivity index (χ4v) is 4.01. The summed E-state index contributed by atoms with van der Waals surface area (Å²) in [5.41, 5.74) is 0.771. The largest absolute Gasteiger partial charge is 0.286 e. The number of pyridine rings is 1. The zero-order valence-electron chi connectivity index (χ0n) is 12.5. The molecule has 1 fully saturated rings. The highest BCUT2D eigenvalue weighted by molar-refractivity contribution is 7.87. The molecule has 1 N–H and O–H groups in total. The Morgan fingerprint density at radius 3 is 2.64 bits per heavy atom. The highest BCUT2D eigenvalue weighted by Crippen LogP contribution is 2.12. The first kappa shape index (κ1) is 15.4. The molecule has 0 amide bonds. The quantitative estimate of drug-likeness (QED) is 0.889. The predicted octanol–water partition coefficient (Wildman–Crippen LogP) is 0.982. The molecule has 3 heterocycles. The third-order valence-corrected chi connectivity index (χ3v) is 5.54. The van der Waals surface area contributed by atoms with Crippen molar-refractivity contribution in [3.05, 3.63) is 30.2 Å². The van der Waals surface area contributed by atoms with Crippen LogP contribution in [0.4, 0.5) is 0 Å². The van der Waals surface area contributed by atoms with Crippen molar-refractivity contribution in [1.29, 1.82) is 0 Å². The molecule has 0 bridgehead atoms. The SMILES string of the molecule is O=S(=O)(NCCc1nnc2ccccn12)N1CCCCCC1. The fraction of sp³-hybridized carbons (Fsp3) is 0.571. The van der Waals surface area contributed by atoms with Crippen LogP contribution in [0.3, 0.4) is 0 Å². The van der Waals surface area contributed by atoms with E-state index in [4.69, 9.17) is 0 Å². The maximum Gasteiger partial charge on any atom is 0.279 e. The number of nitrogens with zero attached hydrogens (tertiary/aromatic N) is 4. The first-order chi connectivity index (χ1) is 10.7. The summed E-state index contributed by atoms with van der Waals surface area (Å²) in [6.45, 7) is 1.56. The van der Waals surface area contributed by atoms with Gasteiger partial charge in [0.25, 0.3) is 10.2 Å². The Kier molecular flexibility index (Phi) is 4.70. The van der Waals surface area contributed by atoms with Crippen molar-refractivity contribution in [2.24, 2.45) is 0 Å². The standard InChI is InChI=1S/C14H21N5O2S/c20-22(21,18-10-4-1-2-5-11-18)15-9-8-14-17-16-13-7-3-6-12-19(13)14/h3,6-7,12,15H,1-2,4-5,8-11H2. The van der Waals surface area contributed by atoms with E-state index in [1.54, 1.807) is 4.31 Å². The van der Waals surface area contributed by atoms with E-state index in [0.717, 1.165) is 37.2 Å². The van der Waals surface area contributed by atoms with Crippen molar-refractivity contribution >= 4 is 15.9 Å². The summed E-state index contributed by atoms with van der Waals surface area (Å²) in [4.78, 5) is 0. The van der Waals surface area contributed by atoms with Gasteiger partial charge < -0.3 is 0 Å². The van der Waals surface area contributed by atoms with Crippen LogP contribution in [0.1, 0.15) is 31.5 Å². The first-order valence-electron chi connectivity index (χ1n) is 7.70. The molecule has 1 aliphatic heterocycles. The lowest BCUT2D eigenvalue weighted by molar-refractivity contribution is 0.415. The molecule has 0 radical (unpaired) electrons. The molecule has 0 aromatic carbocycles. The second kappa shape index (κ2) is 6.72. The number of hydrogen-bond donors (Lipinski definition) is 1. The minimum atomic E-state index is -3.39. The van der Waals surface area contributed by atoms with Crippen molar-refractivity contribution in [3.63, 3.8) is 0 Å². The molecule has 2 aromatic heterocycles. The number of hydrogen-bond acceptors (Lipinski definition) is 4. The van der Waals surface area contributed by atoms with Gasteiger partial charge in [-0.05, 0) is 25.0 Å². The molecular weight excluding hydrogens is 302 g/mol. The second-order valence-electron chi connectivity index (χ2n) is 5.51. The molecular formula is C14H21N5O2S. The smallest absolute Gasteiger partial charge is 0.279 e. The van der Waals surface area contributed by atoms with Gasteiger partial charge in [0.2, 0.25) is 0 Å². The van der Waals surface area contributed by atoms with Gasteiger partial charge in [-0.15, -0.1) is 10.2 Å². The number of fused-ring (bicyclic) bond motifs is 1. The highest BCUT2D eigenvalue weighted by Gasteiger charge is 2.22. The van der Waals surface area contributed by atoms with E-state index < -0.39 is 10.2 Å². The Labute approximate surface area is 130 Å². The van der Waals surface area contributed by atoms with Gasteiger partial charge in [-0.1, -0.05) is 18.9 Å². The highest BCUT2D eigenvalue weighted by atomic mass is 32.2. The zero-order chi connectivity index (χ0) is 15.4. The average molecular weight is 323 g/mol. The van der Waals surface area contributed by atoms with Gasteiger partial charge in [0.05, 0.1) is 0 Å². The molecule has 0 unspecified atom stereocenters.